The predicted octanol–water partition coefficient (Wildman–Crippen LogP) is 4.32. The minimum absolute atomic E-state index is 0.00432. The van der Waals surface area contributed by atoms with Crippen LogP contribution in [0.2, 0.25) is 0 Å². The highest BCUT2D eigenvalue weighted by Crippen LogP contribution is 2.37. The van der Waals surface area contributed by atoms with Gasteiger partial charge in [0.25, 0.3) is 11.8 Å². The molecule has 55 heavy (non-hydrogen) atoms. The lowest BCUT2D eigenvalue weighted by Gasteiger charge is -2.30. The first-order valence-electron chi connectivity index (χ1n) is 17.7. The van der Waals surface area contributed by atoms with E-state index in [1.165, 1.54) is 21.9 Å². The Hall–Kier alpha value is -6.19. The first kappa shape index (κ1) is 40.0. The molecule has 0 fully saturated rings. The average Bonchev–Trinajstić information content (AvgIpc) is 3.16. The van der Waals surface area contributed by atoms with Gasteiger partial charge in [0.15, 0.2) is 0 Å². The van der Waals surface area contributed by atoms with Crippen molar-refractivity contribution in [3.05, 3.63) is 94.5 Å². The monoisotopic (exact) mass is 756 g/mol. The van der Waals surface area contributed by atoms with Gasteiger partial charge in [-0.05, 0) is 60.9 Å². The maximum atomic E-state index is 13.6. The molecule has 0 aromatic heterocycles. The number of nitrogens with one attached hydrogen (secondary N) is 1. The Morgan fingerprint density at radius 1 is 0.800 bits per heavy atom. The van der Waals surface area contributed by atoms with E-state index in [9.17, 15) is 39.3 Å². The number of anilines is 2. The van der Waals surface area contributed by atoms with Crippen molar-refractivity contribution in [2.75, 3.05) is 76.9 Å². The summed E-state index contributed by atoms with van der Waals surface area (Å²) in [5, 5.41) is 32.6. The second kappa shape index (κ2) is 18.2. The summed E-state index contributed by atoms with van der Waals surface area (Å²) in [6, 6.07) is 18.6. The quantitative estimate of drug-likeness (QED) is 0.0693. The molecule has 2 amide bonds. The standard InChI is InChI=1S/C40H44N4O11/c1-4-55-19-18-43(17-16-42(23-35(45)46)24-36(47)48)32-21-33(53-2)27(20-34(32)54-3)14-15-41-31-13-12-30-37-28(31)6-5-7-29(37)38(49)44(39(30)50)22-25-8-10-26(11-9-25)40(51)52/h5-13,20-21,41H,4,14-19,22-24H2,1-3H3,(H,45,46)(H,47,48)(H,51,52). The molecule has 290 valence electrons. The number of hydrogen-bond acceptors (Lipinski definition) is 11. The van der Waals surface area contributed by atoms with Crippen molar-refractivity contribution in [3.63, 3.8) is 0 Å². The molecule has 4 aromatic rings. The van der Waals surface area contributed by atoms with Gasteiger partial charge in [-0.1, -0.05) is 24.3 Å². The number of hydrogen-bond donors (Lipinski definition) is 4. The predicted molar refractivity (Wildman–Crippen MR) is 204 cm³/mol. The first-order chi connectivity index (χ1) is 26.4. The van der Waals surface area contributed by atoms with E-state index < -0.39 is 42.8 Å². The second-order valence-corrected chi connectivity index (χ2v) is 12.8. The molecule has 0 atom stereocenters. The minimum Gasteiger partial charge on any atom is -0.496 e. The van der Waals surface area contributed by atoms with Crippen LogP contribution in [0, 0.1) is 0 Å². The summed E-state index contributed by atoms with van der Waals surface area (Å²) in [6.45, 7) is 3.24. The zero-order valence-electron chi connectivity index (χ0n) is 30.9. The molecule has 0 bridgehead atoms. The number of benzene rings is 4. The highest BCUT2D eigenvalue weighted by molar-refractivity contribution is 6.26. The third-order valence-electron chi connectivity index (χ3n) is 9.28. The van der Waals surface area contributed by atoms with Crippen LogP contribution in [0.25, 0.3) is 10.8 Å². The topological polar surface area (TPSA) is 195 Å². The Morgan fingerprint density at radius 2 is 1.47 bits per heavy atom. The molecule has 1 aliphatic heterocycles. The van der Waals surface area contributed by atoms with Crippen LogP contribution < -0.4 is 19.7 Å². The number of carbonyl (C=O) groups is 5. The summed E-state index contributed by atoms with van der Waals surface area (Å²) in [7, 11) is 3.10. The summed E-state index contributed by atoms with van der Waals surface area (Å²) in [4.78, 5) is 65.8. The molecular formula is C40H44N4O11. The molecule has 1 heterocycles. The van der Waals surface area contributed by atoms with Crippen LogP contribution in [0.5, 0.6) is 11.5 Å². The number of rotatable bonds is 21. The highest BCUT2D eigenvalue weighted by Gasteiger charge is 2.33. The molecule has 4 N–H and O–H groups in total. The first-order valence-corrected chi connectivity index (χ1v) is 17.7. The molecule has 0 radical (unpaired) electrons. The number of amides is 2. The maximum Gasteiger partial charge on any atom is 0.335 e. The lowest BCUT2D eigenvalue weighted by molar-refractivity contribution is -0.141. The normalized spacial score (nSPS) is 12.3. The fraction of sp³-hybridized carbons (Fsp3) is 0.325. The molecule has 0 saturated heterocycles. The van der Waals surface area contributed by atoms with Crippen LogP contribution in [0.1, 0.15) is 49.1 Å². The van der Waals surface area contributed by atoms with E-state index in [4.69, 9.17) is 14.2 Å². The van der Waals surface area contributed by atoms with E-state index in [0.717, 1.165) is 11.3 Å². The van der Waals surface area contributed by atoms with E-state index >= 15 is 0 Å². The Morgan fingerprint density at radius 3 is 2.09 bits per heavy atom. The van der Waals surface area contributed by atoms with Gasteiger partial charge in [0.1, 0.15) is 11.5 Å². The number of nitrogens with zero attached hydrogens (tertiary/aromatic N) is 3. The van der Waals surface area contributed by atoms with Gasteiger partial charge in [-0.25, -0.2) is 4.79 Å². The number of carbonyl (C=O) groups excluding carboxylic acids is 2. The highest BCUT2D eigenvalue weighted by atomic mass is 16.5. The second-order valence-electron chi connectivity index (χ2n) is 12.8. The third-order valence-corrected chi connectivity index (χ3v) is 9.28. The van der Waals surface area contributed by atoms with E-state index in [0.29, 0.717) is 83.9 Å². The molecule has 5 rings (SSSR count). The van der Waals surface area contributed by atoms with Crippen LogP contribution in [0.3, 0.4) is 0 Å². The van der Waals surface area contributed by atoms with Crippen LogP contribution >= 0.6 is 0 Å². The maximum absolute atomic E-state index is 13.6. The zero-order chi connectivity index (χ0) is 39.6. The largest absolute Gasteiger partial charge is 0.496 e. The molecule has 4 aromatic carbocycles. The molecule has 0 aliphatic carbocycles. The van der Waals surface area contributed by atoms with Crippen molar-refractivity contribution >= 4 is 51.9 Å². The van der Waals surface area contributed by atoms with Crippen molar-refractivity contribution in [1.82, 2.24) is 9.80 Å². The minimum atomic E-state index is -1.13. The molecule has 0 saturated carbocycles. The van der Waals surface area contributed by atoms with E-state index in [-0.39, 0.29) is 18.7 Å². The molecule has 0 spiro atoms. The van der Waals surface area contributed by atoms with Gasteiger partial charge in [-0.15, -0.1) is 0 Å². The average molecular weight is 757 g/mol. The summed E-state index contributed by atoms with van der Waals surface area (Å²) >= 11 is 0. The molecule has 15 nitrogen and oxygen atoms in total. The van der Waals surface area contributed by atoms with Crippen LogP contribution in [-0.4, -0.2) is 122 Å². The number of imide groups is 1. The van der Waals surface area contributed by atoms with Gasteiger partial charge < -0.3 is 39.7 Å². The SMILES string of the molecule is CCOCCN(CCN(CC(=O)O)CC(=O)O)c1cc(OC)c(CCNc2ccc3c4c(cccc24)C(=O)N(Cc2ccc(C(=O)O)cc2)C3=O)cc1OC. The fourth-order valence-corrected chi connectivity index (χ4v) is 6.63. The summed E-state index contributed by atoms with van der Waals surface area (Å²) in [6.07, 6.45) is 0.499. The van der Waals surface area contributed by atoms with Crippen LogP contribution in [-0.2, 0) is 27.3 Å². The van der Waals surface area contributed by atoms with Gasteiger partial charge in [0.2, 0.25) is 0 Å². The molecule has 1 aliphatic rings. The van der Waals surface area contributed by atoms with Crippen molar-refractivity contribution < 1.29 is 53.5 Å². The number of ether oxygens (including phenoxy) is 3. The Balaban J connectivity index is 1.34. The van der Waals surface area contributed by atoms with E-state index in [2.05, 4.69) is 5.32 Å². The van der Waals surface area contributed by atoms with Gasteiger partial charge in [0.05, 0.1) is 51.7 Å². The summed E-state index contributed by atoms with van der Waals surface area (Å²) < 4.78 is 17.2. The lowest BCUT2D eigenvalue weighted by atomic mass is 9.92. The van der Waals surface area contributed by atoms with Crippen molar-refractivity contribution in [1.29, 1.82) is 0 Å². The molecule has 15 heteroatoms. The number of carboxylic acid groups (broad SMARTS) is 3. The van der Waals surface area contributed by atoms with Crippen molar-refractivity contribution in [2.45, 2.75) is 19.9 Å². The van der Waals surface area contributed by atoms with Crippen molar-refractivity contribution in [3.8, 4) is 11.5 Å². The van der Waals surface area contributed by atoms with E-state index in [1.54, 1.807) is 44.6 Å². The number of carboxylic acids is 3. The van der Waals surface area contributed by atoms with Gasteiger partial charge >= 0.3 is 17.9 Å². The van der Waals surface area contributed by atoms with Gasteiger partial charge in [-0.3, -0.25) is 29.0 Å². The molecule has 0 unspecified atom stereocenters. The number of aliphatic carboxylic acids is 2. The molecular weight excluding hydrogens is 712 g/mol. The Bertz CT molecular complexity index is 2030. The van der Waals surface area contributed by atoms with Crippen molar-refractivity contribution in [2.24, 2.45) is 0 Å². The summed E-state index contributed by atoms with van der Waals surface area (Å²) in [5.41, 5.74) is 3.75. The van der Waals surface area contributed by atoms with Crippen LogP contribution in [0.4, 0.5) is 11.4 Å². The van der Waals surface area contributed by atoms with Gasteiger partial charge in [-0.2, -0.15) is 0 Å². The smallest absolute Gasteiger partial charge is 0.335 e. The number of aromatic carboxylic acids is 1. The number of methoxy groups -OCH3 is 2. The summed E-state index contributed by atoms with van der Waals surface area (Å²) in [5.74, 6) is -3.07. The van der Waals surface area contributed by atoms with Gasteiger partial charge in [0, 0.05) is 66.4 Å². The third kappa shape index (κ3) is 9.49. The van der Waals surface area contributed by atoms with Crippen LogP contribution in [0.15, 0.2) is 66.7 Å². The Labute approximate surface area is 317 Å². The zero-order valence-corrected chi connectivity index (χ0v) is 30.9. The lowest BCUT2D eigenvalue weighted by Crippen LogP contribution is -2.41. The fourth-order valence-electron chi connectivity index (χ4n) is 6.63. The van der Waals surface area contributed by atoms with E-state index in [1.807, 2.05) is 36.1 Å². The Kier molecular flexibility index (Phi) is 13.3.